The maximum Gasteiger partial charge on any atom is 0.573 e. The molecule has 9 heteroatoms. The fraction of sp³-hybridized carbons (Fsp3) is 0.273. The van der Waals surface area contributed by atoms with Crippen molar-refractivity contribution in [3.8, 4) is 17.0 Å². The van der Waals surface area contributed by atoms with Gasteiger partial charge in [-0.05, 0) is 43.2 Å². The van der Waals surface area contributed by atoms with Gasteiger partial charge in [-0.15, -0.1) is 13.2 Å². The molecule has 0 aliphatic heterocycles. The second-order valence-electron chi connectivity index (χ2n) is 6.97. The molecule has 1 aromatic heterocycles. The molecule has 1 atom stereocenters. The number of hydrogen-bond donors (Lipinski definition) is 2. The zero-order valence-electron chi connectivity index (χ0n) is 17.0. The Hall–Kier alpha value is -3.00. The van der Waals surface area contributed by atoms with Crippen molar-refractivity contribution in [3.63, 3.8) is 0 Å². The predicted octanol–water partition coefficient (Wildman–Crippen LogP) is 6.52. The molecule has 0 spiro atoms. The molecule has 164 valence electrons. The predicted molar refractivity (Wildman–Crippen MR) is 116 cm³/mol. The van der Waals surface area contributed by atoms with E-state index in [1.54, 1.807) is 18.2 Å². The molecule has 3 aromatic rings. The van der Waals surface area contributed by atoms with Crippen LogP contribution in [0.4, 0.5) is 24.9 Å². The summed E-state index contributed by atoms with van der Waals surface area (Å²) in [7, 11) is 0. The number of anilines is 2. The maximum absolute atomic E-state index is 12.6. The standard InChI is InChI=1S/C22H22ClF3N4O/c1-3-14(2)28-21-29-19(16-7-5-9-18(11-16)31-22(24,25)26)12-20(30-21)27-13-15-6-4-8-17(23)10-15/h4-12,14H,3,13H2,1-2H3,(H2,27,28,29,30)/t14-/m0/s1. The first-order valence-corrected chi connectivity index (χ1v) is 10.1. The van der Waals surface area contributed by atoms with Gasteiger partial charge in [-0.1, -0.05) is 42.8 Å². The van der Waals surface area contributed by atoms with Gasteiger partial charge in [0.25, 0.3) is 0 Å². The Morgan fingerprint density at radius 1 is 1.06 bits per heavy atom. The Bertz CT molecular complexity index is 1030. The number of benzene rings is 2. The zero-order chi connectivity index (χ0) is 22.4. The third kappa shape index (κ3) is 7.03. The Morgan fingerprint density at radius 3 is 2.55 bits per heavy atom. The number of nitrogens with one attached hydrogen (secondary N) is 2. The Kier molecular flexibility index (Phi) is 7.22. The van der Waals surface area contributed by atoms with E-state index in [0.717, 1.165) is 12.0 Å². The first-order chi connectivity index (χ1) is 14.7. The van der Waals surface area contributed by atoms with E-state index in [1.165, 1.54) is 18.2 Å². The van der Waals surface area contributed by atoms with Crippen molar-refractivity contribution in [2.45, 2.75) is 39.2 Å². The molecule has 2 N–H and O–H groups in total. The summed E-state index contributed by atoms with van der Waals surface area (Å²) in [6, 6.07) is 14.9. The summed E-state index contributed by atoms with van der Waals surface area (Å²) < 4.78 is 41.8. The molecule has 3 rings (SSSR count). The van der Waals surface area contributed by atoms with Gasteiger partial charge in [0.2, 0.25) is 5.95 Å². The van der Waals surface area contributed by atoms with E-state index in [2.05, 4.69) is 25.3 Å². The summed E-state index contributed by atoms with van der Waals surface area (Å²) in [5.74, 6) is 0.592. The summed E-state index contributed by atoms with van der Waals surface area (Å²) in [5.41, 5.74) is 1.90. The maximum atomic E-state index is 12.6. The SMILES string of the molecule is CC[C@H](C)Nc1nc(NCc2cccc(Cl)c2)cc(-c2cccc(OC(F)(F)F)c2)n1. The number of nitrogens with zero attached hydrogens (tertiary/aromatic N) is 2. The fourth-order valence-corrected chi connectivity index (χ4v) is 2.98. The van der Waals surface area contributed by atoms with Crippen molar-refractivity contribution in [2.24, 2.45) is 0 Å². The van der Waals surface area contributed by atoms with E-state index < -0.39 is 6.36 Å². The Labute approximate surface area is 183 Å². The highest BCUT2D eigenvalue weighted by Crippen LogP contribution is 2.29. The van der Waals surface area contributed by atoms with Crippen LogP contribution in [0.2, 0.25) is 5.02 Å². The topological polar surface area (TPSA) is 59.1 Å². The van der Waals surface area contributed by atoms with Gasteiger partial charge in [-0.2, -0.15) is 4.98 Å². The van der Waals surface area contributed by atoms with Crippen molar-refractivity contribution in [1.29, 1.82) is 0 Å². The van der Waals surface area contributed by atoms with Crippen LogP contribution in [0, 0.1) is 0 Å². The zero-order valence-corrected chi connectivity index (χ0v) is 17.8. The summed E-state index contributed by atoms with van der Waals surface area (Å²) in [5, 5.41) is 7.06. The molecule has 0 aliphatic carbocycles. The molecule has 0 bridgehead atoms. The van der Waals surface area contributed by atoms with Crippen LogP contribution in [0.15, 0.2) is 54.6 Å². The molecule has 0 amide bonds. The molecule has 0 aliphatic rings. The molecule has 31 heavy (non-hydrogen) atoms. The number of alkyl halides is 3. The minimum atomic E-state index is -4.77. The molecule has 0 saturated carbocycles. The average Bonchev–Trinajstić information content (AvgIpc) is 2.71. The summed E-state index contributed by atoms with van der Waals surface area (Å²) >= 11 is 6.04. The lowest BCUT2D eigenvalue weighted by atomic mass is 10.1. The van der Waals surface area contributed by atoms with Crippen LogP contribution in [-0.4, -0.2) is 22.4 Å². The molecule has 0 saturated heterocycles. The monoisotopic (exact) mass is 450 g/mol. The van der Waals surface area contributed by atoms with Crippen LogP contribution >= 0.6 is 11.6 Å². The van der Waals surface area contributed by atoms with E-state index in [0.29, 0.717) is 34.6 Å². The van der Waals surface area contributed by atoms with Crippen molar-refractivity contribution in [2.75, 3.05) is 10.6 Å². The average molecular weight is 451 g/mol. The van der Waals surface area contributed by atoms with Crippen LogP contribution in [-0.2, 0) is 6.54 Å². The van der Waals surface area contributed by atoms with Crippen molar-refractivity contribution < 1.29 is 17.9 Å². The normalized spacial score (nSPS) is 12.3. The van der Waals surface area contributed by atoms with E-state index in [-0.39, 0.29) is 11.8 Å². The van der Waals surface area contributed by atoms with E-state index in [1.807, 2.05) is 32.0 Å². The second-order valence-corrected chi connectivity index (χ2v) is 7.41. The quantitative estimate of drug-likeness (QED) is 0.409. The summed E-state index contributed by atoms with van der Waals surface area (Å²) in [6.45, 7) is 4.49. The molecule has 0 fully saturated rings. The first-order valence-electron chi connectivity index (χ1n) is 9.72. The van der Waals surface area contributed by atoms with E-state index in [9.17, 15) is 13.2 Å². The number of rotatable bonds is 8. The van der Waals surface area contributed by atoms with Crippen LogP contribution in [0.5, 0.6) is 5.75 Å². The van der Waals surface area contributed by atoms with E-state index >= 15 is 0 Å². The van der Waals surface area contributed by atoms with Gasteiger partial charge in [0.1, 0.15) is 11.6 Å². The highest BCUT2D eigenvalue weighted by Gasteiger charge is 2.31. The van der Waals surface area contributed by atoms with Crippen molar-refractivity contribution >= 4 is 23.4 Å². The van der Waals surface area contributed by atoms with Crippen molar-refractivity contribution in [3.05, 3.63) is 65.2 Å². The molecular weight excluding hydrogens is 429 g/mol. The van der Waals surface area contributed by atoms with Gasteiger partial charge in [0, 0.05) is 29.2 Å². The summed E-state index contributed by atoms with van der Waals surface area (Å²) in [4.78, 5) is 8.97. The van der Waals surface area contributed by atoms with Gasteiger partial charge in [0.05, 0.1) is 5.69 Å². The number of hydrogen-bond acceptors (Lipinski definition) is 5. The van der Waals surface area contributed by atoms with Gasteiger partial charge >= 0.3 is 6.36 Å². The Morgan fingerprint density at radius 2 is 1.84 bits per heavy atom. The van der Waals surface area contributed by atoms with Crippen LogP contribution < -0.4 is 15.4 Å². The molecule has 1 heterocycles. The van der Waals surface area contributed by atoms with E-state index in [4.69, 9.17) is 11.6 Å². The highest BCUT2D eigenvalue weighted by atomic mass is 35.5. The van der Waals surface area contributed by atoms with Gasteiger partial charge < -0.3 is 15.4 Å². The number of ether oxygens (including phenoxy) is 1. The lowest BCUT2D eigenvalue weighted by Crippen LogP contribution is -2.17. The van der Waals surface area contributed by atoms with Gasteiger partial charge in [-0.25, -0.2) is 4.98 Å². The molecule has 2 aromatic carbocycles. The molecular formula is C22H22ClF3N4O. The lowest BCUT2D eigenvalue weighted by molar-refractivity contribution is -0.274. The fourth-order valence-electron chi connectivity index (χ4n) is 2.76. The number of halogens is 4. The van der Waals surface area contributed by atoms with Crippen LogP contribution in [0.1, 0.15) is 25.8 Å². The largest absolute Gasteiger partial charge is 0.573 e. The lowest BCUT2D eigenvalue weighted by Gasteiger charge is -2.15. The summed E-state index contributed by atoms with van der Waals surface area (Å²) in [6.07, 6.45) is -3.91. The molecule has 0 unspecified atom stereocenters. The van der Waals surface area contributed by atoms with Crippen molar-refractivity contribution in [1.82, 2.24) is 9.97 Å². The molecule has 0 radical (unpaired) electrons. The van der Waals surface area contributed by atoms with Crippen LogP contribution in [0.3, 0.4) is 0 Å². The van der Waals surface area contributed by atoms with Gasteiger partial charge in [0.15, 0.2) is 0 Å². The third-order valence-electron chi connectivity index (χ3n) is 4.44. The van der Waals surface area contributed by atoms with Gasteiger partial charge in [-0.3, -0.25) is 0 Å². The first kappa shape index (κ1) is 22.7. The smallest absolute Gasteiger partial charge is 0.406 e. The molecule has 5 nitrogen and oxygen atoms in total. The number of aromatic nitrogens is 2. The Balaban J connectivity index is 1.90. The van der Waals surface area contributed by atoms with Crippen LogP contribution in [0.25, 0.3) is 11.3 Å². The minimum Gasteiger partial charge on any atom is -0.406 e. The minimum absolute atomic E-state index is 0.121. The highest BCUT2D eigenvalue weighted by molar-refractivity contribution is 6.30. The second kappa shape index (κ2) is 9.87. The third-order valence-corrected chi connectivity index (χ3v) is 4.68.